The Labute approximate surface area is 116 Å². The number of pyridine rings is 1. The molecule has 1 aromatic carbocycles. The average molecular weight is 271 g/mol. The van der Waals surface area contributed by atoms with Gasteiger partial charge in [-0.2, -0.15) is 0 Å². The fourth-order valence-electron chi connectivity index (χ4n) is 2.69. The minimum atomic E-state index is -0.298. The first kappa shape index (κ1) is 12.8. The van der Waals surface area contributed by atoms with Crippen LogP contribution in [0.15, 0.2) is 36.5 Å². The molecule has 3 nitrogen and oxygen atoms in total. The molecule has 0 spiro atoms. The van der Waals surface area contributed by atoms with Gasteiger partial charge >= 0.3 is 5.97 Å². The second-order valence-electron chi connectivity index (χ2n) is 4.94. The Morgan fingerprint density at radius 2 is 2.05 bits per heavy atom. The summed E-state index contributed by atoms with van der Waals surface area (Å²) in [7, 11) is 1.38. The first-order valence-electron chi connectivity index (χ1n) is 6.49. The topological polar surface area (TPSA) is 39.2 Å². The van der Waals surface area contributed by atoms with Crippen LogP contribution in [0, 0.1) is 11.7 Å². The lowest BCUT2D eigenvalue weighted by Gasteiger charge is -2.06. The Balaban J connectivity index is 1.98. The van der Waals surface area contributed by atoms with Gasteiger partial charge < -0.3 is 4.74 Å². The van der Waals surface area contributed by atoms with E-state index in [1.54, 1.807) is 24.4 Å². The molecule has 1 aliphatic carbocycles. The molecule has 0 fully saturated rings. The first-order valence-corrected chi connectivity index (χ1v) is 6.49. The lowest BCUT2D eigenvalue weighted by molar-refractivity contribution is -0.145. The summed E-state index contributed by atoms with van der Waals surface area (Å²) < 4.78 is 18.9. The van der Waals surface area contributed by atoms with E-state index in [0.717, 1.165) is 11.1 Å². The summed E-state index contributed by atoms with van der Waals surface area (Å²) in [4.78, 5) is 15.8. The number of rotatable bonds is 2. The molecule has 0 N–H and O–H groups in total. The number of ether oxygens (including phenoxy) is 1. The zero-order chi connectivity index (χ0) is 14.1. The minimum Gasteiger partial charge on any atom is -0.469 e. The number of benzene rings is 1. The van der Waals surface area contributed by atoms with Crippen LogP contribution in [-0.2, 0) is 22.4 Å². The Morgan fingerprint density at radius 3 is 2.70 bits per heavy atom. The lowest BCUT2D eigenvalue weighted by atomic mass is 10.0. The van der Waals surface area contributed by atoms with Crippen molar-refractivity contribution in [1.29, 1.82) is 0 Å². The highest BCUT2D eigenvalue weighted by molar-refractivity contribution is 5.75. The van der Waals surface area contributed by atoms with E-state index >= 15 is 0 Å². The van der Waals surface area contributed by atoms with Crippen LogP contribution in [0.4, 0.5) is 4.39 Å². The molecule has 2 aromatic rings. The number of nitrogens with zero attached hydrogens (tertiary/aromatic N) is 1. The van der Waals surface area contributed by atoms with E-state index in [2.05, 4.69) is 4.98 Å². The summed E-state index contributed by atoms with van der Waals surface area (Å²) in [6.45, 7) is 0. The van der Waals surface area contributed by atoms with E-state index in [4.69, 9.17) is 4.74 Å². The number of methoxy groups -OCH3 is 1. The predicted octanol–water partition coefficient (Wildman–Crippen LogP) is 2.78. The highest BCUT2D eigenvalue weighted by Crippen LogP contribution is 2.32. The van der Waals surface area contributed by atoms with Crippen molar-refractivity contribution in [2.45, 2.75) is 12.8 Å². The van der Waals surface area contributed by atoms with Crippen LogP contribution in [-0.4, -0.2) is 18.1 Å². The van der Waals surface area contributed by atoms with Gasteiger partial charge in [-0.25, -0.2) is 4.39 Å². The number of carbonyl (C=O) groups is 1. The van der Waals surface area contributed by atoms with Crippen molar-refractivity contribution in [2.24, 2.45) is 5.92 Å². The SMILES string of the molecule is COC(=O)C1Cc2cc(F)c(-c3ccccn3)cc2C1. The van der Waals surface area contributed by atoms with E-state index in [9.17, 15) is 9.18 Å². The first-order chi connectivity index (χ1) is 9.69. The fraction of sp³-hybridized carbons (Fsp3) is 0.250. The average Bonchev–Trinajstić information content (AvgIpc) is 2.89. The number of esters is 1. The van der Waals surface area contributed by atoms with Gasteiger partial charge in [0.15, 0.2) is 0 Å². The molecule has 0 radical (unpaired) electrons. The van der Waals surface area contributed by atoms with Crippen molar-refractivity contribution in [1.82, 2.24) is 4.98 Å². The van der Waals surface area contributed by atoms with Crippen LogP contribution in [0.25, 0.3) is 11.3 Å². The lowest BCUT2D eigenvalue weighted by Crippen LogP contribution is -2.15. The number of hydrogen-bond acceptors (Lipinski definition) is 3. The summed E-state index contributed by atoms with van der Waals surface area (Å²) in [6, 6.07) is 8.71. The van der Waals surface area contributed by atoms with Crippen molar-refractivity contribution in [3.05, 3.63) is 53.5 Å². The second kappa shape index (κ2) is 5.04. The van der Waals surface area contributed by atoms with Gasteiger partial charge in [-0.1, -0.05) is 6.07 Å². The Morgan fingerprint density at radius 1 is 1.30 bits per heavy atom. The fourth-order valence-corrected chi connectivity index (χ4v) is 2.69. The molecular formula is C16H14FNO2. The summed E-state index contributed by atoms with van der Waals surface area (Å²) in [5, 5.41) is 0. The van der Waals surface area contributed by atoms with E-state index in [1.165, 1.54) is 13.2 Å². The van der Waals surface area contributed by atoms with Crippen molar-refractivity contribution in [3.8, 4) is 11.3 Å². The standard InChI is InChI=1S/C16H14FNO2/c1-20-16(19)12-6-10-8-13(14(17)9-11(10)7-12)15-4-2-3-5-18-15/h2-5,8-9,12H,6-7H2,1H3. The monoisotopic (exact) mass is 271 g/mol. The van der Waals surface area contributed by atoms with Gasteiger partial charge in [0.25, 0.3) is 0 Å². The molecular weight excluding hydrogens is 257 g/mol. The van der Waals surface area contributed by atoms with Gasteiger partial charge in [0.2, 0.25) is 0 Å². The molecule has 1 atom stereocenters. The number of carbonyl (C=O) groups excluding carboxylic acids is 1. The van der Waals surface area contributed by atoms with Crippen LogP contribution in [0.1, 0.15) is 11.1 Å². The van der Waals surface area contributed by atoms with Crippen molar-refractivity contribution in [3.63, 3.8) is 0 Å². The molecule has 0 saturated carbocycles. The van der Waals surface area contributed by atoms with Gasteiger partial charge in [0.1, 0.15) is 5.82 Å². The zero-order valence-corrected chi connectivity index (χ0v) is 11.1. The summed E-state index contributed by atoms with van der Waals surface area (Å²) in [6.07, 6.45) is 2.78. The van der Waals surface area contributed by atoms with E-state index < -0.39 is 0 Å². The van der Waals surface area contributed by atoms with E-state index in [-0.39, 0.29) is 17.7 Å². The van der Waals surface area contributed by atoms with Gasteiger partial charge in [-0.15, -0.1) is 0 Å². The third kappa shape index (κ3) is 2.18. The van der Waals surface area contributed by atoms with Crippen LogP contribution < -0.4 is 0 Å². The van der Waals surface area contributed by atoms with Crippen molar-refractivity contribution >= 4 is 5.97 Å². The Hall–Kier alpha value is -2.23. The molecule has 1 aromatic heterocycles. The minimum absolute atomic E-state index is 0.201. The molecule has 20 heavy (non-hydrogen) atoms. The highest BCUT2D eigenvalue weighted by Gasteiger charge is 2.29. The number of aromatic nitrogens is 1. The smallest absolute Gasteiger partial charge is 0.309 e. The maximum atomic E-state index is 14.2. The normalized spacial score (nSPS) is 16.8. The van der Waals surface area contributed by atoms with E-state index in [1.807, 2.05) is 6.07 Å². The number of halogens is 1. The highest BCUT2D eigenvalue weighted by atomic mass is 19.1. The van der Waals surface area contributed by atoms with Gasteiger partial charge in [0, 0.05) is 11.8 Å². The largest absolute Gasteiger partial charge is 0.469 e. The second-order valence-corrected chi connectivity index (χ2v) is 4.94. The summed E-state index contributed by atoms with van der Waals surface area (Å²) in [5.41, 5.74) is 2.98. The third-order valence-corrected chi connectivity index (χ3v) is 3.70. The quantitative estimate of drug-likeness (QED) is 0.788. The van der Waals surface area contributed by atoms with Crippen molar-refractivity contribution < 1.29 is 13.9 Å². The summed E-state index contributed by atoms with van der Waals surface area (Å²) in [5.74, 6) is -0.734. The molecule has 3 rings (SSSR count). The number of fused-ring (bicyclic) bond motifs is 1. The van der Waals surface area contributed by atoms with Gasteiger partial charge in [-0.3, -0.25) is 9.78 Å². The zero-order valence-electron chi connectivity index (χ0n) is 11.1. The molecule has 0 amide bonds. The molecule has 0 saturated heterocycles. The van der Waals surface area contributed by atoms with Crippen molar-refractivity contribution in [2.75, 3.05) is 7.11 Å². The molecule has 1 unspecified atom stereocenters. The van der Waals surface area contributed by atoms with E-state index in [0.29, 0.717) is 24.1 Å². The molecule has 1 heterocycles. The third-order valence-electron chi connectivity index (χ3n) is 3.70. The van der Waals surface area contributed by atoms with Crippen LogP contribution in [0.3, 0.4) is 0 Å². The Bertz CT molecular complexity index is 655. The number of hydrogen-bond donors (Lipinski definition) is 0. The Kier molecular flexibility index (Phi) is 3.22. The van der Waals surface area contributed by atoms with Crippen LogP contribution >= 0.6 is 0 Å². The summed E-state index contributed by atoms with van der Waals surface area (Å²) >= 11 is 0. The predicted molar refractivity (Wildman–Crippen MR) is 72.5 cm³/mol. The molecule has 0 aliphatic heterocycles. The molecule has 0 bridgehead atoms. The van der Waals surface area contributed by atoms with Crippen LogP contribution in [0.2, 0.25) is 0 Å². The maximum absolute atomic E-state index is 14.2. The van der Waals surface area contributed by atoms with Gasteiger partial charge in [-0.05, 0) is 48.2 Å². The van der Waals surface area contributed by atoms with Crippen LogP contribution in [0.5, 0.6) is 0 Å². The molecule has 102 valence electrons. The molecule has 1 aliphatic rings. The maximum Gasteiger partial charge on any atom is 0.309 e. The molecule has 4 heteroatoms. The van der Waals surface area contributed by atoms with Gasteiger partial charge in [0.05, 0.1) is 18.7 Å².